The average molecular weight is 251 g/mol. The number of fused-ring (bicyclic) bond motifs is 1. The summed E-state index contributed by atoms with van der Waals surface area (Å²) in [7, 11) is 1.67. The van der Waals surface area contributed by atoms with Crippen LogP contribution in [0.2, 0.25) is 0 Å². The Morgan fingerprint density at radius 2 is 1.94 bits per heavy atom. The van der Waals surface area contributed by atoms with Crippen LogP contribution in [0.3, 0.4) is 0 Å². The van der Waals surface area contributed by atoms with Crippen molar-refractivity contribution in [1.29, 1.82) is 0 Å². The van der Waals surface area contributed by atoms with E-state index in [0.29, 0.717) is 12.5 Å². The fourth-order valence-electron chi connectivity index (χ4n) is 1.91. The summed E-state index contributed by atoms with van der Waals surface area (Å²) in [5.74, 6) is 2.17. The van der Waals surface area contributed by atoms with Gasteiger partial charge in [-0.1, -0.05) is 12.1 Å². The molecule has 0 bridgehead atoms. The standard InChI is InChI=1S/C14H15ClO2/c1-3-17-14-8-10(9-15)7-12-11(14)5-4-6-13(12)16-2/h4-8H,3,9H2,1-2H3. The van der Waals surface area contributed by atoms with Crippen LogP contribution in [-0.4, -0.2) is 13.7 Å². The van der Waals surface area contributed by atoms with Crippen molar-refractivity contribution >= 4 is 22.4 Å². The summed E-state index contributed by atoms with van der Waals surface area (Å²) >= 11 is 5.90. The van der Waals surface area contributed by atoms with Crippen molar-refractivity contribution < 1.29 is 9.47 Å². The van der Waals surface area contributed by atoms with Gasteiger partial charge in [0.15, 0.2) is 0 Å². The largest absolute Gasteiger partial charge is 0.496 e. The Morgan fingerprint density at radius 1 is 1.12 bits per heavy atom. The zero-order valence-electron chi connectivity index (χ0n) is 10.00. The number of hydrogen-bond donors (Lipinski definition) is 0. The summed E-state index contributed by atoms with van der Waals surface area (Å²) in [5, 5.41) is 2.09. The molecule has 0 saturated carbocycles. The molecule has 0 aromatic heterocycles. The molecule has 17 heavy (non-hydrogen) atoms. The lowest BCUT2D eigenvalue weighted by atomic mass is 10.1. The normalized spacial score (nSPS) is 10.5. The monoisotopic (exact) mass is 250 g/mol. The van der Waals surface area contributed by atoms with E-state index in [1.165, 1.54) is 0 Å². The van der Waals surface area contributed by atoms with Gasteiger partial charge in [-0.25, -0.2) is 0 Å². The molecule has 0 aliphatic rings. The number of rotatable bonds is 4. The summed E-state index contributed by atoms with van der Waals surface area (Å²) in [6.07, 6.45) is 0. The number of ether oxygens (including phenoxy) is 2. The summed E-state index contributed by atoms with van der Waals surface area (Å²) in [6.45, 7) is 2.61. The van der Waals surface area contributed by atoms with E-state index in [0.717, 1.165) is 27.8 Å². The minimum atomic E-state index is 0.466. The van der Waals surface area contributed by atoms with Gasteiger partial charge in [-0.15, -0.1) is 11.6 Å². The maximum absolute atomic E-state index is 5.90. The molecule has 0 unspecified atom stereocenters. The molecule has 0 radical (unpaired) electrons. The van der Waals surface area contributed by atoms with Crippen LogP contribution in [-0.2, 0) is 5.88 Å². The third-order valence-electron chi connectivity index (χ3n) is 2.65. The fourth-order valence-corrected chi connectivity index (χ4v) is 2.07. The highest BCUT2D eigenvalue weighted by molar-refractivity contribution is 6.17. The van der Waals surface area contributed by atoms with Crippen LogP contribution in [0.5, 0.6) is 11.5 Å². The van der Waals surface area contributed by atoms with Crippen LogP contribution >= 0.6 is 11.6 Å². The molecule has 0 saturated heterocycles. The van der Waals surface area contributed by atoms with Gasteiger partial charge in [-0.05, 0) is 30.7 Å². The molecular weight excluding hydrogens is 236 g/mol. The third kappa shape index (κ3) is 2.32. The molecule has 0 fully saturated rings. The highest BCUT2D eigenvalue weighted by Gasteiger charge is 2.08. The van der Waals surface area contributed by atoms with Gasteiger partial charge in [0.25, 0.3) is 0 Å². The van der Waals surface area contributed by atoms with Crippen molar-refractivity contribution in [2.75, 3.05) is 13.7 Å². The lowest BCUT2D eigenvalue weighted by Gasteiger charge is -2.12. The van der Waals surface area contributed by atoms with Gasteiger partial charge in [0.1, 0.15) is 11.5 Å². The molecule has 0 N–H and O–H groups in total. The SMILES string of the molecule is CCOc1cc(CCl)cc2c(OC)cccc12. The Hall–Kier alpha value is -1.41. The van der Waals surface area contributed by atoms with E-state index >= 15 is 0 Å². The number of benzene rings is 2. The molecule has 0 heterocycles. The van der Waals surface area contributed by atoms with Crippen LogP contribution in [0.15, 0.2) is 30.3 Å². The first-order chi connectivity index (χ1) is 8.30. The molecule has 2 rings (SSSR count). The van der Waals surface area contributed by atoms with Gasteiger partial charge < -0.3 is 9.47 Å². The predicted molar refractivity (Wildman–Crippen MR) is 71.2 cm³/mol. The molecule has 0 atom stereocenters. The summed E-state index contributed by atoms with van der Waals surface area (Å²) < 4.78 is 11.0. The molecule has 2 nitrogen and oxygen atoms in total. The Bertz CT molecular complexity index is 523. The third-order valence-corrected chi connectivity index (χ3v) is 2.96. The van der Waals surface area contributed by atoms with Crippen LogP contribution in [0.1, 0.15) is 12.5 Å². The van der Waals surface area contributed by atoms with Gasteiger partial charge in [-0.3, -0.25) is 0 Å². The van der Waals surface area contributed by atoms with Crippen LogP contribution < -0.4 is 9.47 Å². The van der Waals surface area contributed by atoms with E-state index in [1.54, 1.807) is 7.11 Å². The minimum absolute atomic E-state index is 0.466. The summed E-state index contributed by atoms with van der Waals surface area (Å²) in [5.41, 5.74) is 1.03. The highest BCUT2D eigenvalue weighted by Crippen LogP contribution is 2.34. The maximum Gasteiger partial charge on any atom is 0.127 e. The van der Waals surface area contributed by atoms with E-state index in [-0.39, 0.29) is 0 Å². The molecular formula is C14H15ClO2. The predicted octanol–water partition coefficient (Wildman–Crippen LogP) is 3.99. The smallest absolute Gasteiger partial charge is 0.127 e. The van der Waals surface area contributed by atoms with E-state index in [2.05, 4.69) is 0 Å². The maximum atomic E-state index is 5.90. The second kappa shape index (κ2) is 5.28. The van der Waals surface area contributed by atoms with Crippen LogP contribution in [0.4, 0.5) is 0 Å². The van der Waals surface area contributed by atoms with Crippen molar-refractivity contribution in [2.24, 2.45) is 0 Å². The van der Waals surface area contributed by atoms with Gasteiger partial charge in [0, 0.05) is 16.7 Å². The van der Waals surface area contributed by atoms with Gasteiger partial charge in [0.2, 0.25) is 0 Å². The Labute approximate surface area is 106 Å². The molecule has 2 aromatic rings. The van der Waals surface area contributed by atoms with Crippen molar-refractivity contribution in [3.05, 3.63) is 35.9 Å². The van der Waals surface area contributed by atoms with E-state index in [1.807, 2.05) is 37.3 Å². The molecule has 90 valence electrons. The molecule has 2 aromatic carbocycles. The Balaban J connectivity index is 2.70. The van der Waals surface area contributed by atoms with E-state index in [4.69, 9.17) is 21.1 Å². The van der Waals surface area contributed by atoms with Crippen molar-refractivity contribution in [1.82, 2.24) is 0 Å². The molecule has 0 amide bonds. The summed E-state index contributed by atoms with van der Waals surface area (Å²) in [4.78, 5) is 0. The van der Waals surface area contributed by atoms with E-state index < -0.39 is 0 Å². The van der Waals surface area contributed by atoms with Crippen molar-refractivity contribution in [2.45, 2.75) is 12.8 Å². The lowest BCUT2D eigenvalue weighted by molar-refractivity contribution is 0.344. The summed E-state index contributed by atoms with van der Waals surface area (Å²) in [6, 6.07) is 9.96. The lowest BCUT2D eigenvalue weighted by Crippen LogP contribution is -1.95. The zero-order chi connectivity index (χ0) is 12.3. The second-order valence-corrected chi connectivity index (χ2v) is 3.98. The minimum Gasteiger partial charge on any atom is -0.496 e. The molecule has 0 spiro atoms. The van der Waals surface area contributed by atoms with Gasteiger partial charge in [-0.2, -0.15) is 0 Å². The zero-order valence-corrected chi connectivity index (χ0v) is 10.8. The molecule has 0 aliphatic carbocycles. The van der Waals surface area contributed by atoms with Gasteiger partial charge in [0.05, 0.1) is 13.7 Å². The number of halogens is 1. The molecule has 3 heteroatoms. The molecule has 0 aliphatic heterocycles. The Morgan fingerprint density at radius 3 is 2.59 bits per heavy atom. The van der Waals surface area contributed by atoms with E-state index in [9.17, 15) is 0 Å². The highest BCUT2D eigenvalue weighted by atomic mass is 35.5. The van der Waals surface area contributed by atoms with Gasteiger partial charge >= 0.3 is 0 Å². The van der Waals surface area contributed by atoms with Crippen LogP contribution in [0.25, 0.3) is 10.8 Å². The Kier molecular flexibility index (Phi) is 3.75. The first-order valence-corrected chi connectivity index (χ1v) is 6.12. The van der Waals surface area contributed by atoms with Crippen molar-refractivity contribution in [3.63, 3.8) is 0 Å². The average Bonchev–Trinajstić information content (AvgIpc) is 2.38. The second-order valence-electron chi connectivity index (χ2n) is 3.72. The first-order valence-electron chi connectivity index (χ1n) is 5.58. The number of methoxy groups -OCH3 is 1. The van der Waals surface area contributed by atoms with Crippen molar-refractivity contribution in [3.8, 4) is 11.5 Å². The fraction of sp³-hybridized carbons (Fsp3) is 0.286. The quantitative estimate of drug-likeness (QED) is 0.764. The first kappa shape index (κ1) is 12.1. The number of alkyl halides is 1. The topological polar surface area (TPSA) is 18.5 Å². The number of hydrogen-bond acceptors (Lipinski definition) is 2. The van der Waals surface area contributed by atoms with Crippen LogP contribution in [0, 0.1) is 0 Å².